The molecule has 0 bridgehead atoms. The number of methoxy groups -OCH3 is 1. The normalized spacial score (nSPS) is 22.0. The fourth-order valence-corrected chi connectivity index (χ4v) is 2.73. The number of nitrogens with one attached hydrogen (secondary N) is 1. The van der Waals surface area contributed by atoms with Crippen LogP contribution in [0.2, 0.25) is 0 Å². The van der Waals surface area contributed by atoms with Gasteiger partial charge in [-0.2, -0.15) is 5.10 Å². The SMILES string of the molecule is COCCn1nc(C(=O)N[C@@H]2CCC[C@H](C)C2)ccc1=O. The van der Waals surface area contributed by atoms with E-state index in [4.69, 9.17) is 4.74 Å². The Morgan fingerprint density at radius 1 is 1.48 bits per heavy atom. The van der Waals surface area contributed by atoms with Crippen molar-refractivity contribution in [2.24, 2.45) is 5.92 Å². The van der Waals surface area contributed by atoms with Gasteiger partial charge in [0.15, 0.2) is 0 Å². The van der Waals surface area contributed by atoms with E-state index in [-0.39, 0.29) is 23.2 Å². The Hall–Kier alpha value is -1.69. The maximum atomic E-state index is 12.2. The third-order valence-corrected chi connectivity index (χ3v) is 3.88. The molecular weight excluding hydrogens is 270 g/mol. The largest absolute Gasteiger partial charge is 0.383 e. The molecule has 1 fully saturated rings. The number of aromatic nitrogens is 2. The van der Waals surface area contributed by atoms with E-state index in [9.17, 15) is 9.59 Å². The standard InChI is InChI=1S/C15H23N3O3/c1-11-4-3-5-12(10-11)16-15(20)13-6-7-14(19)18(17-13)8-9-21-2/h6-7,11-12H,3-5,8-10H2,1-2H3,(H,16,20)/t11-,12+/m0/s1. The van der Waals surface area contributed by atoms with Gasteiger partial charge in [0.1, 0.15) is 5.69 Å². The van der Waals surface area contributed by atoms with Crippen LogP contribution in [-0.2, 0) is 11.3 Å². The van der Waals surface area contributed by atoms with Crippen LogP contribution in [0.25, 0.3) is 0 Å². The summed E-state index contributed by atoms with van der Waals surface area (Å²) in [5.41, 5.74) is 0.0545. The number of rotatable bonds is 5. The van der Waals surface area contributed by atoms with Crippen LogP contribution in [0.4, 0.5) is 0 Å². The Bertz CT molecular complexity index is 541. The summed E-state index contributed by atoms with van der Waals surface area (Å²) in [5, 5.41) is 7.13. The van der Waals surface area contributed by atoms with E-state index >= 15 is 0 Å². The predicted octanol–water partition coefficient (Wildman–Crippen LogP) is 1.20. The van der Waals surface area contributed by atoms with Gasteiger partial charge in [-0.1, -0.05) is 19.8 Å². The van der Waals surface area contributed by atoms with Gasteiger partial charge in [-0.15, -0.1) is 0 Å². The first-order valence-electron chi connectivity index (χ1n) is 7.48. The Morgan fingerprint density at radius 3 is 3.00 bits per heavy atom. The Morgan fingerprint density at radius 2 is 2.29 bits per heavy atom. The molecule has 1 aromatic rings. The van der Waals surface area contributed by atoms with Gasteiger partial charge < -0.3 is 10.1 Å². The molecule has 1 aliphatic rings. The topological polar surface area (TPSA) is 73.2 Å². The lowest BCUT2D eigenvalue weighted by atomic mass is 9.87. The summed E-state index contributed by atoms with van der Waals surface area (Å²) in [4.78, 5) is 23.9. The lowest BCUT2D eigenvalue weighted by Crippen LogP contribution is -2.39. The van der Waals surface area contributed by atoms with E-state index in [1.54, 1.807) is 7.11 Å². The van der Waals surface area contributed by atoms with Crippen molar-refractivity contribution in [3.8, 4) is 0 Å². The minimum absolute atomic E-state index is 0.208. The summed E-state index contributed by atoms with van der Waals surface area (Å²) in [7, 11) is 1.56. The quantitative estimate of drug-likeness (QED) is 0.885. The van der Waals surface area contributed by atoms with E-state index in [0.29, 0.717) is 19.1 Å². The molecule has 6 nitrogen and oxygen atoms in total. The molecular formula is C15H23N3O3. The predicted molar refractivity (Wildman–Crippen MR) is 79.3 cm³/mol. The average Bonchev–Trinajstić information content (AvgIpc) is 2.46. The zero-order valence-electron chi connectivity index (χ0n) is 12.7. The summed E-state index contributed by atoms with van der Waals surface area (Å²) in [6, 6.07) is 3.07. The third kappa shape index (κ3) is 4.39. The lowest BCUT2D eigenvalue weighted by Gasteiger charge is -2.27. The summed E-state index contributed by atoms with van der Waals surface area (Å²) < 4.78 is 6.20. The molecule has 1 heterocycles. The van der Waals surface area contributed by atoms with Crippen molar-refractivity contribution in [3.63, 3.8) is 0 Å². The molecule has 1 aliphatic carbocycles. The van der Waals surface area contributed by atoms with Crippen molar-refractivity contribution >= 4 is 5.91 Å². The molecule has 1 aromatic heterocycles. The second-order valence-electron chi connectivity index (χ2n) is 5.71. The Labute approximate surface area is 124 Å². The van der Waals surface area contributed by atoms with Gasteiger partial charge >= 0.3 is 0 Å². The van der Waals surface area contributed by atoms with Gasteiger partial charge in [-0.05, 0) is 24.8 Å². The van der Waals surface area contributed by atoms with Crippen molar-refractivity contribution in [3.05, 3.63) is 28.2 Å². The fraction of sp³-hybridized carbons (Fsp3) is 0.667. The lowest BCUT2D eigenvalue weighted by molar-refractivity contribution is 0.0912. The highest BCUT2D eigenvalue weighted by atomic mass is 16.5. The average molecular weight is 293 g/mol. The molecule has 0 aliphatic heterocycles. The second kappa shape index (κ2) is 7.36. The zero-order valence-corrected chi connectivity index (χ0v) is 12.7. The second-order valence-corrected chi connectivity index (χ2v) is 5.71. The molecule has 0 radical (unpaired) electrons. The van der Waals surface area contributed by atoms with Gasteiger partial charge in [-0.3, -0.25) is 9.59 Å². The molecule has 0 unspecified atom stereocenters. The summed E-state index contributed by atoms with van der Waals surface area (Å²) in [6.07, 6.45) is 4.40. The van der Waals surface area contributed by atoms with Gasteiger partial charge in [0.2, 0.25) is 0 Å². The molecule has 21 heavy (non-hydrogen) atoms. The number of hydrogen-bond donors (Lipinski definition) is 1. The van der Waals surface area contributed by atoms with Crippen molar-refractivity contribution in [1.82, 2.24) is 15.1 Å². The summed E-state index contributed by atoms with van der Waals surface area (Å²) >= 11 is 0. The molecule has 0 spiro atoms. The molecule has 2 rings (SSSR count). The van der Waals surface area contributed by atoms with Crippen LogP contribution in [0.5, 0.6) is 0 Å². The van der Waals surface area contributed by atoms with Gasteiger partial charge in [0.05, 0.1) is 13.2 Å². The van der Waals surface area contributed by atoms with Gasteiger partial charge in [-0.25, -0.2) is 4.68 Å². The first-order chi connectivity index (χ1) is 10.1. The van der Waals surface area contributed by atoms with E-state index < -0.39 is 0 Å². The summed E-state index contributed by atoms with van der Waals surface area (Å²) in [6.45, 7) is 2.94. The highest BCUT2D eigenvalue weighted by molar-refractivity contribution is 5.92. The van der Waals surface area contributed by atoms with E-state index in [1.807, 2.05) is 0 Å². The van der Waals surface area contributed by atoms with Crippen LogP contribution in [0.1, 0.15) is 43.1 Å². The molecule has 2 atom stereocenters. The van der Waals surface area contributed by atoms with Crippen LogP contribution >= 0.6 is 0 Å². The van der Waals surface area contributed by atoms with Crippen molar-refractivity contribution in [2.75, 3.05) is 13.7 Å². The van der Waals surface area contributed by atoms with Gasteiger partial charge in [0.25, 0.3) is 11.5 Å². The molecule has 116 valence electrons. The number of carbonyl (C=O) groups excluding carboxylic acids is 1. The number of carbonyl (C=O) groups is 1. The molecule has 0 aromatic carbocycles. The van der Waals surface area contributed by atoms with Crippen LogP contribution < -0.4 is 10.9 Å². The third-order valence-electron chi connectivity index (χ3n) is 3.88. The number of ether oxygens (including phenoxy) is 1. The molecule has 0 saturated heterocycles. The van der Waals surface area contributed by atoms with Crippen molar-refractivity contribution < 1.29 is 9.53 Å². The van der Waals surface area contributed by atoms with Crippen molar-refractivity contribution in [1.29, 1.82) is 0 Å². The Kier molecular flexibility index (Phi) is 5.50. The minimum Gasteiger partial charge on any atom is -0.383 e. The summed E-state index contributed by atoms with van der Waals surface area (Å²) in [5.74, 6) is 0.438. The first kappa shape index (κ1) is 15.7. The van der Waals surface area contributed by atoms with E-state index in [0.717, 1.165) is 19.3 Å². The Balaban J connectivity index is 2.03. The fourth-order valence-electron chi connectivity index (χ4n) is 2.73. The minimum atomic E-state index is -0.227. The highest BCUT2D eigenvalue weighted by Gasteiger charge is 2.21. The first-order valence-corrected chi connectivity index (χ1v) is 7.48. The van der Waals surface area contributed by atoms with Crippen LogP contribution in [-0.4, -0.2) is 35.4 Å². The molecule has 1 N–H and O–H groups in total. The van der Waals surface area contributed by atoms with Crippen molar-refractivity contribution in [2.45, 2.75) is 45.2 Å². The maximum Gasteiger partial charge on any atom is 0.271 e. The van der Waals surface area contributed by atoms with Gasteiger partial charge in [0, 0.05) is 19.2 Å². The number of hydrogen-bond acceptors (Lipinski definition) is 4. The molecule has 1 saturated carbocycles. The highest BCUT2D eigenvalue weighted by Crippen LogP contribution is 2.23. The van der Waals surface area contributed by atoms with Crippen LogP contribution in [0.3, 0.4) is 0 Å². The van der Waals surface area contributed by atoms with Crippen LogP contribution in [0.15, 0.2) is 16.9 Å². The monoisotopic (exact) mass is 293 g/mol. The smallest absolute Gasteiger partial charge is 0.271 e. The maximum absolute atomic E-state index is 12.2. The zero-order chi connectivity index (χ0) is 15.2. The number of amides is 1. The molecule has 1 amide bonds. The number of nitrogens with zero attached hydrogens (tertiary/aromatic N) is 2. The van der Waals surface area contributed by atoms with E-state index in [1.165, 1.54) is 23.2 Å². The molecule has 6 heteroatoms. The van der Waals surface area contributed by atoms with Crippen LogP contribution in [0, 0.1) is 5.92 Å². The van der Waals surface area contributed by atoms with E-state index in [2.05, 4.69) is 17.3 Å².